The van der Waals surface area contributed by atoms with Crippen molar-refractivity contribution in [2.75, 3.05) is 85.8 Å². The first kappa shape index (κ1) is 80.0. The second kappa shape index (κ2) is 37.1. The number of phenolic OH excluding ortho intramolecular Hbond substituents is 2. The minimum Gasteiger partial charge on any atom is -0.508 e. The smallest absolute Gasteiger partial charge is 0.207 e. The Morgan fingerprint density at radius 1 is 0.321 bits per heavy atom. The normalized spacial score (nSPS) is 14.1. The summed E-state index contributed by atoms with van der Waals surface area (Å²) in [6.07, 6.45) is 11.7. The van der Waals surface area contributed by atoms with Crippen molar-refractivity contribution >= 4 is 81.6 Å². The standard InChI is InChI=1S/C32H35NO4S.2C31H33NO4S/c1-21-18-22(2)29(23(3)19-21)30(35)32-31(27-13-8-24(34)20-28(27)38-32)37-26-11-9-25(10-12-26)36-17-16-33-14-6-4-5-7-15-33;1-20-17-21(2)28(22(3)18-20)29(33)31-30(26-12-11-25(34-4)19-27(26)37-31)36-24-9-7-23(8-10-24)35-16-15-32-13-5-6-14-32;1-20-17-21(2)28(22(3)18-20)29(34)31-30(26-12-7-23(33)19-27(26)37-31)36-25-10-8-24(9-11-25)35-16-15-32-13-5-4-6-14-32/h8-13,18-20,34H,4-7,14-17H2,1-3H3;7-12,17-19H,5-6,13-16H2,1-4H3;7-12,17-19,33H,4-6,13-16H2,1-3H3. The molecule has 15 nitrogen and oxygen atoms in total. The number of likely N-dealkylation sites (tertiary alicyclic amines) is 3. The van der Waals surface area contributed by atoms with Crippen LogP contribution in [-0.4, -0.2) is 128 Å². The van der Waals surface area contributed by atoms with E-state index < -0.39 is 0 Å². The Kier molecular flexibility index (Phi) is 26.5. The number of carbonyl (C=O) groups excluding carboxylic acids is 3. The number of benzene rings is 9. The molecule has 15 rings (SSSR count). The summed E-state index contributed by atoms with van der Waals surface area (Å²) in [5, 5.41) is 22.6. The molecule has 9 aromatic carbocycles. The number of ketones is 3. The Labute approximate surface area is 669 Å². The predicted octanol–water partition coefficient (Wildman–Crippen LogP) is 22.6. The van der Waals surface area contributed by atoms with Gasteiger partial charge in [0.05, 0.1) is 7.11 Å². The predicted molar refractivity (Wildman–Crippen MR) is 455 cm³/mol. The van der Waals surface area contributed by atoms with Gasteiger partial charge in [0, 0.05) is 66.6 Å². The second-order valence-corrected chi connectivity index (χ2v) is 32.9. The maximum atomic E-state index is 13.9. The molecular weight excluding hydrogens is 1460 g/mol. The van der Waals surface area contributed by atoms with Crippen LogP contribution in [0.15, 0.2) is 164 Å². The van der Waals surface area contributed by atoms with E-state index in [0.29, 0.717) is 80.1 Å². The van der Waals surface area contributed by atoms with Crippen molar-refractivity contribution in [1.82, 2.24) is 14.7 Å². The molecule has 2 N–H and O–H groups in total. The molecule has 0 bridgehead atoms. The molecule has 0 amide bonds. The minimum atomic E-state index is -0.0663. The summed E-state index contributed by atoms with van der Waals surface area (Å²) in [6.45, 7) is 29.8. The zero-order valence-electron chi connectivity index (χ0n) is 66.0. The zero-order chi connectivity index (χ0) is 78.5. The quantitative estimate of drug-likeness (QED) is 0.0519. The van der Waals surface area contributed by atoms with E-state index in [1.165, 1.54) is 105 Å². The van der Waals surface area contributed by atoms with Gasteiger partial charge in [-0.25, -0.2) is 0 Å². The summed E-state index contributed by atoms with van der Waals surface area (Å²) in [6, 6.07) is 51.0. The Morgan fingerprint density at radius 3 is 0.866 bits per heavy atom. The highest BCUT2D eigenvalue weighted by Crippen LogP contribution is 2.47. The highest BCUT2D eigenvalue weighted by atomic mass is 32.1. The summed E-state index contributed by atoms with van der Waals surface area (Å²) in [4.78, 5) is 50.6. The summed E-state index contributed by atoms with van der Waals surface area (Å²) >= 11 is 4.13. The summed E-state index contributed by atoms with van der Waals surface area (Å²) in [7, 11) is 1.64. The molecule has 0 unspecified atom stereocenters. The van der Waals surface area contributed by atoms with E-state index in [9.17, 15) is 24.6 Å². The molecule has 12 aromatic rings. The third-order valence-electron chi connectivity index (χ3n) is 20.9. The molecular formula is C94H101N3O12S3. The van der Waals surface area contributed by atoms with E-state index in [0.717, 1.165) is 155 Å². The third-order valence-corrected chi connectivity index (χ3v) is 24.3. The van der Waals surface area contributed by atoms with Crippen LogP contribution in [0, 0.1) is 62.3 Å². The Morgan fingerprint density at radius 2 is 0.571 bits per heavy atom. The minimum absolute atomic E-state index is 0.0213. The molecule has 0 aliphatic carbocycles. The number of hydrogen-bond donors (Lipinski definition) is 2. The molecule has 582 valence electrons. The van der Waals surface area contributed by atoms with Crippen LogP contribution in [-0.2, 0) is 0 Å². The first-order valence-corrected chi connectivity index (χ1v) is 41.5. The topological polar surface area (TPSA) is 166 Å². The first-order valence-electron chi connectivity index (χ1n) is 39.1. The van der Waals surface area contributed by atoms with Crippen molar-refractivity contribution in [1.29, 1.82) is 0 Å². The molecule has 0 atom stereocenters. The van der Waals surface area contributed by atoms with Gasteiger partial charge in [0.2, 0.25) is 17.3 Å². The van der Waals surface area contributed by atoms with Crippen LogP contribution >= 0.6 is 34.0 Å². The maximum Gasteiger partial charge on any atom is 0.207 e. The number of ether oxygens (including phenoxy) is 7. The zero-order valence-corrected chi connectivity index (χ0v) is 68.4. The molecule has 112 heavy (non-hydrogen) atoms. The monoisotopic (exact) mass is 1560 g/mol. The Hall–Kier alpha value is -10.1. The molecule has 3 saturated heterocycles. The van der Waals surface area contributed by atoms with E-state index in [4.69, 9.17) is 33.2 Å². The fourth-order valence-corrected chi connectivity index (χ4v) is 18.9. The average molecular weight is 1560 g/mol. The lowest BCUT2D eigenvalue weighted by molar-refractivity contribution is 0.103. The summed E-state index contributed by atoms with van der Waals surface area (Å²) < 4.78 is 45.0. The van der Waals surface area contributed by atoms with Gasteiger partial charge >= 0.3 is 0 Å². The molecule has 18 heteroatoms. The lowest BCUT2D eigenvalue weighted by atomic mass is 9.95. The van der Waals surface area contributed by atoms with Gasteiger partial charge < -0.3 is 43.4 Å². The third kappa shape index (κ3) is 19.7. The van der Waals surface area contributed by atoms with E-state index in [1.54, 1.807) is 37.4 Å². The van der Waals surface area contributed by atoms with Crippen LogP contribution in [0.25, 0.3) is 30.3 Å². The SMILES string of the molecule is COc1ccc2c(Oc3ccc(OCCN4CCCC4)cc3)c(C(=O)c3c(C)cc(C)cc3C)sc2c1.Cc1cc(C)c(C(=O)c2sc3cc(O)ccc3c2Oc2ccc(OCCN3CCCCC3)cc2)c(C)c1.Cc1cc(C)c(C(=O)c2sc3cc(O)ccc3c2Oc2ccc(OCCN3CCCCCC3)cc2)c(C)c1. The average Bonchev–Trinajstić information content (AvgIpc) is 1.63. The number of nitrogens with zero attached hydrogens (tertiary/aromatic N) is 3. The van der Waals surface area contributed by atoms with Crippen LogP contribution in [0.1, 0.15) is 154 Å². The number of piperidine rings is 1. The first-order chi connectivity index (χ1) is 54.2. The van der Waals surface area contributed by atoms with Crippen molar-refractivity contribution in [3.63, 3.8) is 0 Å². The van der Waals surface area contributed by atoms with E-state index in [-0.39, 0.29) is 28.8 Å². The summed E-state index contributed by atoms with van der Waals surface area (Å²) in [5.41, 5.74) is 11.2. The van der Waals surface area contributed by atoms with E-state index in [1.807, 2.05) is 184 Å². The molecule has 3 aliphatic heterocycles. The van der Waals surface area contributed by atoms with E-state index >= 15 is 0 Å². The highest BCUT2D eigenvalue weighted by molar-refractivity contribution is 7.22. The van der Waals surface area contributed by atoms with Gasteiger partial charge in [0.25, 0.3) is 0 Å². The number of methoxy groups -OCH3 is 1. The summed E-state index contributed by atoms with van der Waals surface area (Å²) in [5.74, 6) is 6.86. The van der Waals surface area contributed by atoms with Crippen molar-refractivity contribution < 1.29 is 57.8 Å². The molecule has 3 aromatic heterocycles. The molecule has 3 aliphatic rings. The van der Waals surface area contributed by atoms with Crippen LogP contribution in [0.3, 0.4) is 0 Å². The van der Waals surface area contributed by atoms with Crippen LogP contribution in [0.5, 0.6) is 69.0 Å². The Balaban J connectivity index is 0.000000147. The molecule has 0 radical (unpaired) electrons. The number of phenols is 2. The van der Waals surface area contributed by atoms with Gasteiger partial charge in [-0.05, 0) is 301 Å². The molecule has 0 spiro atoms. The number of aromatic hydroxyl groups is 2. The van der Waals surface area contributed by atoms with Crippen molar-refractivity contribution in [3.05, 3.63) is 245 Å². The molecule has 0 saturated carbocycles. The van der Waals surface area contributed by atoms with Gasteiger partial charge in [-0.1, -0.05) is 72.4 Å². The van der Waals surface area contributed by atoms with Crippen molar-refractivity contribution in [3.8, 4) is 69.0 Å². The fraction of sp³-hybridized carbons (Fsp3) is 0.330. The van der Waals surface area contributed by atoms with Gasteiger partial charge in [-0.3, -0.25) is 29.1 Å². The van der Waals surface area contributed by atoms with Crippen molar-refractivity contribution in [2.24, 2.45) is 0 Å². The van der Waals surface area contributed by atoms with Crippen LogP contribution in [0.4, 0.5) is 0 Å². The number of rotatable bonds is 25. The van der Waals surface area contributed by atoms with Crippen molar-refractivity contribution in [2.45, 2.75) is 120 Å². The van der Waals surface area contributed by atoms with Gasteiger partial charge in [-0.2, -0.15) is 0 Å². The number of carbonyl (C=O) groups is 3. The number of hydrogen-bond acceptors (Lipinski definition) is 18. The fourth-order valence-electron chi connectivity index (χ4n) is 15.6. The number of fused-ring (bicyclic) bond motifs is 3. The number of aryl methyl sites for hydroxylation is 9. The highest BCUT2D eigenvalue weighted by Gasteiger charge is 2.29. The largest absolute Gasteiger partial charge is 0.508 e. The van der Waals surface area contributed by atoms with Crippen LogP contribution < -0.4 is 33.2 Å². The van der Waals surface area contributed by atoms with Gasteiger partial charge in [0.15, 0.2) is 17.2 Å². The lowest BCUT2D eigenvalue weighted by Crippen LogP contribution is -2.33. The number of thiophene rings is 3. The van der Waals surface area contributed by atoms with E-state index in [2.05, 4.69) is 26.8 Å². The van der Waals surface area contributed by atoms with Gasteiger partial charge in [0.1, 0.15) is 86.2 Å². The molecule has 3 fully saturated rings. The van der Waals surface area contributed by atoms with Gasteiger partial charge in [-0.15, -0.1) is 34.0 Å². The van der Waals surface area contributed by atoms with Crippen LogP contribution in [0.2, 0.25) is 0 Å². The maximum absolute atomic E-state index is 13.9. The second-order valence-electron chi connectivity index (χ2n) is 29.8. The Bertz CT molecular complexity index is 5240. The lowest BCUT2D eigenvalue weighted by Gasteiger charge is -2.26. The molecule has 6 heterocycles.